The summed E-state index contributed by atoms with van der Waals surface area (Å²) < 4.78 is 0. The van der Waals surface area contributed by atoms with Crippen molar-refractivity contribution < 1.29 is 0 Å². The van der Waals surface area contributed by atoms with E-state index in [1.165, 1.54) is 64.1 Å². The van der Waals surface area contributed by atoms with E-state index >= 15 is 0 Å². The molecule has 150 valence electrons. The zero-order chi connectivity index (χ0) is 16.4. The minimum Gasteiger partial charge on any atom is -0.316 e. The zero-order valence-corrected chi connectivity index (χ0v) is 19.5. The quantitative estimate of drug-likeness (QED) is 0.672. The zero-order valence-electron chi connectivity index (χ0n) is 16.1. The third kappa shape index (κ3) is 3.07. The van der Waals surface area contributed by atoms with E-state index in [0.717, 1.165) is 36.1 Å². The second-order valence-corrected chi connectivity index (χ2v) is 9.60. The Morgan fingerprint density at radius 3 is 2.70 bits per heavy atom. The SMILES string of the molecule is Br.Br.c1ccc(CN2C[C@@H]3[C@@H]4CC[C@]5([C@H]6CNC[C@H](C6)CN5C4)[C@@H]3C2)cc1. The summed E-state index contributed by atoms with van der Waals surface area (Å²) in [5, 5.41) is 3.79. The molecule has 5 heterocycles. The molecule has 0 unspecified atom stereocenters. The Balaban J connectivity index is 0.000000900. The van der Waals surface area contributed by atoms with Crippen molar-refractivity contribution in [3.63, 3.8) is 0 Å². The molecule has 1 N–H and O–H groups in total. The minimum absolute atomic E-state index is 0. The molecule has 1 saturated carbocycles. The molecule has 6 aliphatic rings. The fourth-order valence-corrected chi connectivity index (χ4v) is 7.65. The summed E-state index contributed by atoms with van der Waals surface area (Å²) in [4.78, 5) is 5.80. The smallest absolute Gasteiger partial charge is 0.0293 e. The number of piperidine rings is 4. The fraction of sp³-hybridized carbons (Fsp3) is 0.727. The molecule has 1 aromatic rings. The highest BCUT2D eigenvalue weighted by atomic mass is 79.9. The second kappa shape index (κ2) is 7.71. The number of hydrogen-bond donors (Lipinski definition) is 1. The van der Waals surface area contributed by atoms with Crippen LogP contribution in [0.2, 0.25) is 0 Å². The first-order chi connectivity index (χ1) is 12.3. The molecule has 5 heteroatoms. The molecule has 1 spiro atoms. The number of hydrogen-bond acceptors (Lipinski definition) is 3. The number of nitrogens with one attached hydrogen (secondary N) is 1. The van der Waals surface area contributed by atoms with Crippen LogP contribution in [0.3, 0.4) is 0 Å². The summed E-state index contributed by atoms with van der Waals surface area (Å²) in [5.41, 5.74) is 2.03. The number of halogens is 2. The molecule has 7 rings (SSSR count). The van der Waals surface area contributed by atoms with Crippen molar-refractivity contribution in [3.8, 4) is 0 Å². The molecular formula is C22H33Br2N3. The van der Waals surface area contributed by atoms with E-state index in [9.17, 15) is 0 Å². The Hall–Kier alpha value is 0.0600. The highest BCUT2D eigenvalue weighted by Gasteiger charge is 2.64. The highest BCUT2D eigenvalue weighted by Crippen LogP contribution is 2.59. The molecular weight excluding hydrogens is 466 g/mol. The van der Waals surface area contributed by atoms with Gasteiger partial charge in [0.2, 0.25) is 0 Å². The molecule has 1 aromatic carbocycles. The third-order valence-electron chi connectivity index (χ3n) is 8.52. The highest BCUT2D eigenvalue weighted by molar-refractivity contribution is 8.93. The third-order valence-corrected chi connectivity index (χ3v) is 8.52. The van der Waals surface area contributed by atoms with Gasteiger partial charge in [-0.05, 0) is 67.5 Å². The van der Waals surface area contributed by atoms with Crippen LogP contribution in [0.15, 0.2) is 30.3 Å². The van der Waals surface area contributed by atoms with Gasteiger partial charge in [0.25, 0.3) is 0 Å². The Bertz CT molecular complexity index is 652. The minimum atomic E-state index is 0. The van der Waals surface area contributed by atoms with E-state index < -0.39 is 0 Å². The summed E-state index contributed by atoms with van der Waals surface area (Å²) in [5.74, 6) is 4.69. The second-order valence-electron chi connectivity index (χ2n) is 9.60. The van der Waals surface area contributed by atoms with Crippen molar-refractivity contribution in [1.82, 2.24) is 15.1 Å². The Kier molecular flexibility index (Phi) is 5.81. The van der Waals surface area contributed by atoms with Crippen LogP contribution in [0.5, 0.6) is 0 Å². The van der Waals surface area contributed by atoms with Crippen LogP contribution >= 0.6 is 34.0 Å². The molecule has 6 atom stereocenters. The van der Waals surface area contributed by atoms with Crippen LogP contribution in [-0.2, 0) is 6.54 Å². The van der Waals surface area contributed by atoms with Crippen molar-refractivity contribution >= 4 is 34.0 Å². The van der Waals surface area contributed by atoms with E-state index in [-0.39, 0.29) is 34.0 Å². The molecule has 5 aliphatic heterocycles. The fourth-order valence-electron chi connectivity index (χ4n) is 7.65. The van der Waals surface area contributed by atoms with Crippen molar-refractivity contribution in [2.45, 2.75) is 31.3 Å². The summed E-state index contributed by atoms with van der Waals surface area (Å²) >= 11 is 0. The largest absolute Gasteiger partial charge is 0.316 e. The number of likely N-dealkylation sites (tertiary alicyclic amines) is 1. The van der Waals surface area contributed by atoms with E-state index in [1.54, 1.807) is 0 Å². The Morgan fingerprint density at radius 2 is 1.85 bits per heavy atom. The number of benzene rings is 1. The molecule has 27 heavy (non-hydrogen) atoms. The first-order valence-electron chi connectivity index (χ1n) is 10.5. The van der Waals surface area contributed by atoms with Gasteiger partial charge in [-0.3, -0.25) is 9.80 Å². The number of fused-ring (bicyclic) bond motifs is 3. The predicted octanol–water partition coefficient (Wildman–Crippen LogP) is 3.59. The lowest BCUT2D eigenvalue weighted by Crippen LogP contribution is -2.74. The van der Waals surface area contributed by atoms with E-state index in [2.05, 4.69) is 45.4 Å². The van der Waals surface area contributed by atoms with Gasteiger partial charge in [0.15, 0.2) is 0 Å². The number of rotatable bonds is 2. The Labute approximate surface area is 184 Å². The van der Waals surface area contributed by atoms with Crippen LogP contribution in [0, 0.1) is 29.6 Å². The monoisotopic (exact) mass is 497 g/mol. The molecule has 0 amide bonds. The molecule has 6 fully saturated rings. The predicted molar refractivity (Wildman–Crippen MR) is 121 cm³/mol. The van der Waals surface area contributed by atoms with Crippen LogP contribution in [0.1, 0.15) is 24.8 Å². The van der Waals surface area contributed by atoms with Crippen molar-refractivity contribution in [2.24, 2.45) is 29.6 Å². The maximum atomic E-state index is 3.79. The summed E-state index contributed by atoms with van der Waals surface area (Å²) in [7, 11) is 0. The normalized spacial score (nSPS) is 42.6. The van der Waals surface area contributed by atoms with Gasteiger partial charge in [-0.25, -0.2) is 0 Å². The van der Waals surface area contributed by atoms with Crippen LogP contribution < -0.4 is 5.32 Å². The van der Waals surface area contributed by atoms with Gasteiger partial charge in [-0.2, -0.15) is 0 Å². The molecule has 1 aliphatic carbocycles. The van der Waals surface area contributed by atoms with Gasteiger partial charge < -0.3 is 5.32 Å². The van der Waals surface area contributed by atoms with Gasteiger partial charge in [0, 0.05) is 38.3 Å². The van der Waals surface area contributed by atoms with Gasteiger partial charge in [-0.1, -0.05) is 30.3 Å². The average Bonchev–Trinajstić information content (AvgIpc) is 3.08. The molecule has 5 saturated heterocycles. The van der Waals surface area contributed by atoms with Crippen molar-refractivity contribution in [3.05, 3.63) is 35.9 Å². The standard InChI is InChI=1S/C22H31N3.2BrH/c1-2-4-16(5-3-1)11-24-14-20-18-6-7-22(21(20)15-24)19-8-17(9-23-10-19)12-25(22)13-18;;/h1-5,17-21,23H,6-15H2;2*1H/t17-,18+,19+,20+,21+,22-;;/m0../s1. The molecule has 0 aromatic heterocycles. The van der Waals surface area contributed by atoms with Gasteiger partial charge in [-0.15, -0.1) is 34.0 Å². The topological polar surface area (TPSA) is 18.5 Å². The molecule has 3 nitrogen and oxygen atoms in total. The van der Waals surface area contributed by atoms with Crippen molar-refractivity contribution in [1.29, 1.82) is 0 Å². The molecule has 0 radical (unpaired) electrons. The van der Waals surface area contributed by atoms with Gasteiger partial charge >= 0.3 is 0 Å². The molecule has 4 bridgehead atoms. The lowest BCUT2D eigenvalue weighted by Gasteiger charge is -2.67. The van der Waals surface area contributed by atoms with Gasteiger partial charge in [0.05, 0.1) is 0 Å². The first-order valence-corrected chi connectivity index (χ1v) is 10.5. The summed E-state index contributed by atoms with van der Waals surface area (Å²) in [6.07, 6.45) is 4.48. The van der Waals surface area contributed by atoms with E-state index in [1.807, 2.05) is 0 Å². The first kappa shape index (κ1) is 20.3. The maximum Gasteiger partial charge on any atom is 0.0293 e. The maximum absolute atomic E-state index is 3.79. The van der Waals surface area contributed by atoms with Crippen LogP contribution in [-0.4, -0.2) is 54.6 Å². The van der Waals surface area contributed by atoms with Crippen molar-refractivity contribution in [2.75, 3.05) is 39.3 Å². The van der Waals surface area contributed by atoms with E-state index in [4.69, 9.17) is 0 Å². The van der Waals surface area contributed by atoms with E-state index in [0.29, 0.717) is 5.54 Å². The Morgan fingerprint density at radius 1 is 1.00 bits per heavy atom. The van der Waals surface area contributed by atoms with Crippen LogP contribution in [0.4, 0.5) is 0 Å². The summed E-state index contributed by atoms with van der Waals surface area (Å²) in [6.45, 7) is 9.18. The van der Waals surface area contributed by atoms with Gasteiger partial charge in [0.1, 0.15) is 0 Å². The number of nitrogens with zero attached hydrogens (tertiary/aromatic N) is 2. The van der Waals surface area contributed by atoms with Crippen LogP contribution in [0.25, 0.3) is 0 Å². The lowest BCUT2D eigenvalue weighted by molar-refractivity contribution is -0.169. The lowest BCUT2D eigenvalue weighted by atomic mass is 9.52. The summed E-state index contributed by atoms with van der Waals surface area (Å²) in [6, 6.07) is 11.1. The average molecular weight is 499 g/mol.